The first-order valence-electron chi connectivity index (χ1n) is 17.1. The van der Waals surface area contributed by atoms with Gasteiger partial charge in [-0.05, 0) is 94.7 Å². The molecule has 2 nitrogen and oxygen atoms in total. The van der Waals surface area contributed by atoms with Crippen LogP contribution in [0.4, 0.5) is 0 Å². The Hall–Kier alpha value is -2.10. The average Bonchev–Trinajstić information content (AvgIpc) is 3.88. The molecule has 0 spiro atoms. The van der Waals surface area contributed by atoms with Crippen LogP contribution in [-0.4, -0.2) is 16.0 Å². The van der Waals surface area contributed by atoms with Crippen LogP contribution in [0.1, 0.15) is 106 Å². The first-order chi connectivity index (χ1) is 22.4. The summed E-state index contributed by atoms with van der Waals surface area (Å²) >= 11 is 9.17. The molecule has 0 unspecified atom stereocenters. The fourth-order valence-electron chi connectivity index (χ4n) is 6.96. The van der Waals surface area contributed by atoms with Crippen molar-refractivity contribution < 1.29 is 0 Å². The summed E-state index contributed by atoms with van der Waals surface area (Å²) in [6, 6.07) is 14.5. The van der Waals surface area contributed by atoms with Gasteiger partial charge >= 0.3 is 0 Å². The normalized spacial score (nSPS) is 13.5. The standard InChI is InChI=1S/C38H43BN2S5/c1-6-8-10-12-14-24-19-31(42-22-24)32-20-25(15-13-11-9-7-2)37(45-32)39-29-17-16-26(33-34(29)41-46-40-33)30-21-28-36(44-30)35-27(38(28,4)5)18-23(3)43-35/h16-22,39H,6-15H2,1-5H3. The van der Waals surface area contributed by atoms with Crippen LogP contribution in [0.25, 0.3) is 41.0 Å². The fraction of sp³-hybridized carbons (Fsp3) is 0.421. The third-order valence-corrected chi connectivity index (χ3v) is 14.9. The Labute approximate surface area is 295 Å². The number of thiophene rings is 4. The first kappa shape index (κ1) is 32.5. The van der Waals surface area contributed by atoms with Crippen LogP contribution in [0.15, 0.2) is 41.8 Å². The maximum Gasteiger partial charge on any atom is 0.208 e. The number of aromatic nitrogens is 2. The number of fused-ring (bicyclic) bond motifs is 4. The lowest BCUT2D eigenvalue weighted by Crippen LogP contribution is -2.28. The number of hydrogen-bond acceptors (Lipinski definition) is 7. The molecule has 46 heavy (non-hydrogen) atoms. The summed E-state index contributed by atoms with van der Waals surface area (Å²) < 4.78 is 11.3. The second-order valence-electron chi connectivity index (χ2n) is 13.5. The van der Waals surface area contributed by atoms with Crippen molar-refractivity contribution in [3.05, 3.63) is 68.9 Å². The molecule has 0 saturated heterocycles. The molecule has 7 rings (SSSR count). The van der Waals surface area contributed by atoms with Crippen molar-refractivity contribution in [2.75, 3.05) is 0 Å². The van der Waals surface area contributed by atoms with Crippen LogP contribution < -0.4 is 10.2 Å². The van der Waals surface area contributed by atoms with E-state index >= 15 is 0 Å². The number of aryl methyl sites for hydroxylation is 3. The smallest absolute Gasteiger partial charge is 0.173 e. The lowest BCUT2D eigenvalue weighted by Gasteiger charge is -2.19. The maximum atomic E-state index is 4.90. The predicted octanol–water partition coefficient (Wildman–Crippen LogP) is 11.5. The molecule has 1 aliphatic rings. The Morgan fingerprint density at radius 2 is 1.46 bits per heavy atom. The van der Waals surface area contributed by atoms with Crippen molar-refractivity contribution in [2.45, 2.75) is 104 Å². The molecule has 1 aliphatic carbocycles. The SMILES string of the molecule is CCCCCCc1csc(-c2cc(CCCCCC)c(Bc3ccc(-c4cc5c(s4)-c4sc(C)cc4C5(C)C)c4nsnc34)s2)c1. The minimum atomic E-state index is 0.0480. The Morgan fingerprint density at radius 1 is 0.717 bits per heavy atom. The van der Waals surface area contributed by atoms with Crippen LogP contribution in [0.5, 0.6) is 0 Å². The summed E-state index contributed by atoms with van der Waals surface area (Å²) in [6.45, 7) is 11.6. The summed E-state index contributed by atoms with van der Waals surface area (Å²) in [6.07, 6.45) is 12.8. The zero-order valence-electron chi connectivity index (χ0n) is 27.8. The minimum absolute atomic E-state index is 0.0480. The summed E-state index contributed by atoms with van der Waals surface area (Å²) in [5.74, 6) is 0. The topological polar surface area (TPSA) is 25.8 Å². The van der Waals surface area contributed by atoms with Gasteiger partial charge in [0.25, 0.3) is 0 Å². The van der Waals surface area contributed by atoms with Gasteiger partial charge in [-0.25, -0.2) is 0 Å². The molecule has 0 atom stereocenters. The zero-order chi connectivity index (χ0) is 31.8. The monoisotopic (exact) mass is 698 g/mol. The molecule has 1 aromatic carbocycles. The lowest BCUT2D eigenvalue weighted by molar-refractivity contribution is 0.663. The molecule has 0 bridgehead atoms. The number of unbranched alkanes of at least 4 members (excludes halogenated alkanes) is 6. The summed E-state index contributed by atoms with van der Waals surface area (Å²) in [5.41, 5.74) is 10.7. The van der Waals surface area contributed by atoms with Crippen LogP contribution in [-0.2, 0) is 18.3 Å². The van der Waals surface area contributed by atoms with E-state index in [1.807, 2.05) is 45.3 Å². The van der Waals surface area contributed by atoms with Gasteiger partial charge in [0.2, 0.25) is 7.28 Å². The largest absolute Gasteiger partial charge is 0.208 e. The maximum absolute atomic E-state index is 4.90. The van der Waals surface area contributed by atoms with Crippen molar-refractivity contribution in [1.82, 2.24) is 8.75 Å². The molecule has 0 radical (unpaired) electrons. The molecule has 238 valence electrons. The molecule has 0 amide bonds. The predicted molar refractivity (Wildman–Crippen MR) is 211 cm³/mol. The van der Waals surface area contributed by atoms with Crippen LogP contribution in [0.3, 0.4) is 0 Å². The zero-order valence-corrected chi connectivity index (χ0v) is 31.8. The molecule has 0 saturated carbocycles. The van der Waals surface area contributed by atoms with E-state index in [-0.39, 0.29) is 5.41 Å². The second-order valence-corrected chi connectivity index (χ2v) is 18.4. The van der Waals surface area contributed by atoms with Gasteiger partial charge in [0, 0.05) is 40.2 Å². The summed E-state index contributed by atoms with van der Waals surface area (Å²) in [7, 11) is 0.928. The summed E-state index contributed by atoms with van der Waals surface area (Å²) in [5, 5.41) is 2.40. The van der Waals surface area contributed by atoms with Gasteiger partial charge in [-0.15, -0.1) is 45.3 Å². The average molecular weight is 699 g/mol. The Balaban J connectivity index is 1.18. The molecular formula is C38H43BN2S5. The van der Waals surface area contributed by atoms with E-state index in [1.54, 1.807) is 0 Å². The lowest BCUT2D eigenvalue weighted by atomic mass is 9.66. The Bertz CT molecular complexity index is 1970. The highest BCUT2D eigenvalue weighted by atomic mass is 32.1. The van der Waals surface area contributed by atoms with Crippen LogP contribution in [0, 0.1) is 6.92 Å². The van der Waals surface area contributed by atoms with Gasteiger partial charge in [-0.3, -0.25) is 0 Å². The van der Waals surface area contributed by atoms with Gasteiger partial charge in [0.15, 0.2) is 0 Å². The molecule has 8 heteroatoms. The van der Waals surface area contributed by atoms with Gasteiger partial charge < -0.3 is 0 Å². The highest BCUT2D eigenvalue weighted by Gasteiger charge is 2.39. The third kappa shape index (κ3) is 6.25. The Kier molecular flexibility index (Phi) is 9.73. The molecule has 0 fully saturated rings. The highest BCUT2D eigenvalue weighted by Crippen LogP contribution is 2.57. The van der Waals surface area contributed by atoms with Gasteiger partial charge in [-0.2, -0.15) is 8.75 Å². The Morgan fingerprint density at radius 3 is 2.26 bits per heavy atom. The number of rotatable bonds is 14. The summed E-state index contributed by atoms with van der Waals surface area (Å²) in [4.78, 5) is 8.51. The number of nitrogens with zero attached hydrogens (tertiary/aromatic N) is 2. The van der Waals surface area contributed by atoms with Crippen molar-refractivity contribution in [3.63, 3.8) is 0 Å². The van der Waals surface area contributed by atoms with Crippen molar-refractivity contribution >= 4 is 85.6 Å². The van der Waals surface area contributed by atoms with E-state index in [9.17, 15) is 0 Å². The van der Waals surface area contributed by atoms with Crippen molar-refractivity contribution in [2.24, 2.45) is 0 Å². The van der Waals surface area contributed by atoms with Crippen LogP contribution >= 0.6 is 57.1 Å². The van der Waals surface area contributed by atoms with E-state index in [4.69, 9.17) is 8.75 Å². The molecule has 5 aromatic heterocycles. The van der Waals surface area contributed by atoms with E-state index < -0.39 is 0 Å². The van der Waals surface area contributed by atoms with E-state index in [2.05, 4.69) is 76.4 Å². The third-order valence-electron chi connectivity index (χ3n) is 9.67. The van der Waals surface area contributed by atoms with E-state index in [0.29, 0.717) is 0 Å². The van der Waals surface area contributed by atoms with Gasteiger partial charge in [-0.1, -0.05) is 78.4 Å². The van der Waals surface area contributed by atoms with Gasteiger partial charge in [0.05, 0.1) is 17.2 Å². The molecule has 0 N–H and O–H groups in total. The fourth-order valence-corrected chi connectivity index (χ4v) is 12.5. The first-order valence-corrected chi connectivity index (χ1v) is 21.1. The number of hydrogen-bond donors (Lipinski definition) is 0. The van der Waals surface area contributed by atoms with E-state index in [0.717, 1.165) is 18.3 Å². The van der Waals surface area contributed by atoms with Crippen molar-refractivity contribution in [1.29, 1.82) is 0 Å². The quantitative estimate of drug-likeness (QED) is 0.0836. The second kappa shape index (κ2) is 13.8. The molecule has 6 aromatic rings. The molecule has 5 heterocycles. The number of benzene rings is 1. The van der Waals surface area contributed by atoms with Crippen molar-refractivity contribution in [3.8, 4) is 29.9 Å². The van der Waals surface area contributed by atoms with Crippen LogP contribution in [0.2, 0.25) is 0 Å². The molecular weight excluding hydrogens is 656 g/mol. The van der Waals surface area contributed by atoms with Gasteiger partial charge in [0.1, 0.15) is 5.52 Å². The van der Waals surface area contributed by atoms with E-state index in [1.165, 1.54) is 143 Å². The molecule has 0 aliphatic heterocycles. The minimum Gasteiger partial charge on any atom is -0.173 e. The highest BCUT2D eigenvalue weighted by molar-refractivity contribution is 7.28.